The molecule has 1 N–H and O–H groups in total. The maximum atomic E-state index is 12.9. The van der Waals surface area contributed by atoms with Gasteiger partial charge in [0.15, 0.2) is 5.82 Å². The van der Waals surface area contributed by atoms with Crippen LogP contribution in [0.3, 0.4) is 0 Å². The highest BCUT2D eigenvalue weighted by molar-refractivity contribution is 6.05. The van der Waals surface area contributed by atoms with Crippen molar-refractivity contribution in [2.45, 2.75) is 39.0 Å². The average molecular weight is 446 g/mol. The molecule has 5 rings (SSSR count). The van der Waals surface area contributed by atoms with Gasteiger partial charge in [0.1, 0.15) is 11.7 Å². The van der Waals surface area contributed by atoms with Gasteiger partial charge in [0.05, 0.1) is 18.5 Å². The van der Waals surface area contributed by atoms with Crippen molar-refractivity contribution in [3.8, 4) is 17.1 Å². The van der Waals surface area contributed by atoms with Crippen LogP contribution in [0.4, 0.5) is 0 Å². The summed E-state index contributed by atoms with van der Waals surface area (Å²) in [6, 6.07) is 10.4. The van der Waals surface area contributed by atoms with Crippen LogP contribution in [0.1, 0.15) is 41.4 Å². The summed E-state index contributed by atoms with van der Waals surface area (Å²) in [4.78, 5) is 42.6. The Morgan fingerprint density at radius 1 is 1.18 bits per heavy atom. The molecule has 4 heterocycles. The topological polar surface area (TPSA) is 119 Å². The number of carbonyl (C=O) groups is 3. The molecule has 2 aliphatic rings. The van der Waals surface area contributed by atoms with Gasteiger partial charge in [-0.25, -0.2) is 9.67 Å². The molecule has 0 saturated carbocycles. The number of piperidine rings is 1. The lowest BCUT2D eigenvalue weighted by Crippen LogP contribution is -2.52. The van der Waals surface area contributed by atoms with Crippen LogP contribution in [-0.4, -0.2) is 55.2 Å². The lowest BCUT2D eigenvalue weighted by molar-refractivity contribution is -0.136. The summed E-state index contributed by atoms with van der Waals surface area (Å²) in [6.45, 7) is 3.28. The smallest absolute Gasteiger partial charge is 0.255 e. The third-order valence-corrected chi connectivity index (χ3v) is 5.79. The number of aromatic nitrogens is 4. The number of amides is 3. The van der Waals surface area contributed by atoms with Gasteiger partial charge in [-0.1, -0.05) is 17.3 Å². The molecule has 168 valence electrons. The van der Waals surface area contributed by atoms with Crippen molar-refractivity contribution in [2.75, 3.05) is 6.61 Å². The van der Waals surface area contributed by atoms with E-state index in [1.54, 1.807) is 16.9 Å². The van der Waals surface area contributed by atoms with Gasteiger partial charge in [-0.05, 0) is 43.2 Å². The van der Waals surface area contributed by atoms with Gasteiger partial charge in [0, 0.05) is 30.7 Å². The second-order valence-corrected chi connectivity index (χ2v) is 7.94. The molecule has 3 aromatic rings. The van der Waals surface area contributed by atoms with Gasteiger partial charge in [0.2, 0.25) is 11.8 Å². The summed E-state index contributed by atoms with van der Waals surface area (Å²) in [5.74, 6) is -0.297. The van der Waals surface area contributed by atoms with E-state index in [9.17, 15) is 14.4 Å². The molecule has 1 unspecified atom stereocenters. The summed E-state index contributed by atoms with van der Waals surface area (Å²) in [7, 11) is 0. The number of fused-ring (bicyclic) bond motifs is 1. The van der Waals surface area contributed by atoms with Gasteiger partial charge in [-0.3, -0.25) is 19.7 Å². The Hall–Kier alpha value is -3.92. The first-order chi connectivity index (χ1) is 16.0. The molecule has 1 aromatic carbocycles. The SMILES string of the molecule is CCOCc1cccc(-n2cc(-c3ccc4c(c3)CN(C3CCC(=O)NC3=O)C4=O)nn2)n1. The predicted octanol–water partition coefficient (Wildman–Crippen LogP) is 1.63. The summed E-state index contributed by atoms with van der Waals surface area (Å²) >= 11 is 0. The highest BCUT2D eigenvalue weighted by Gasteiger charge is 2.39. The standard InChI is InChI=1S/C23H22N6O4/c1-2-33-13-16-4-3-5-20(24-16)29-12-18(26-27-29)14-6-7-17-15(10-14)11-28(23(17)32)19-8-9-21(30)25-22(19)31/h3-7,10,12,19H,2,8-9,11,13H2,1H3,(H,25,30,31). The number of hydrogen-bond donors (Lipinski definition) is 1. The fraction of sp³-hybridized carbons (Fsp3) is 0.304. The van der Waals surface area contributed by atoms with Gasteiger partial charge in [-0.15, -0.1) is 5.10 Å². The fourth-order valence-corrected chi connectivity index (χ4v) is 4.12. The second kappa shape index (κ2) is 8.55. The maximum Gasteiger partial charge on any atom is 0.255 e. The van der Waals surface area contributed by atoms with Crippen LogP contribution in [0.25, 0.3) is 17.1 Å². The zero-order chi connectivity index (χ0) is 22.9. The van der Waals surface area contributed by atoms with Crippen molar-refractivity contribution < 1.29 is 19.1 Å². The van der Waals surface area contributed by atoms with Crippen molar-refractivity contribution >= 4 is 17.7 Å². The number of pyridine rings is 1. The van der Waals surface area contributed by atoms with Crippen molar-refractivity contribution in [3.05, 3.63) is 59.4 Å². The third-order valence-electron chi connectivity index (χ3n) is 5.79. The first-order valence-corrected chi connectivity index (χ1v) is 10.8. The van der Waals surface area contributed by atoms with Crippen molar-refractivity contribution in [1.82, 2.24) is 30.2 Å². The first kappa shape index (κ1) is 21.0. The summed E-state index contributed by atoms with van der Waals surface area (Å²) in [6.07, 6.45) is 2.34. The van der Waals surface area contributed by atoms with E-state index >= 15 is 0 Å². The van der Waals surface area contributed by atoms with Crippen LogP contribution in [0.2, 0.25) is 0 Å². The normalized spacial score (nSPS) is 17.9. The van der Waals surface area contributed by atoms with E-state index in [1.807, 2.05) is 37.3 Å². The Morgan fingerprint density at radius 3 is 2.88 bits per heavy atom. The number of hydrogen-bond acceptors (Lipinski definition) is 7. The minimum Gasteiger partial charge on any atom is -0.375 e. The number of benzene rings is 1. The number of rotatable bonds is 6. The van der Waals surface area contributed by atoms with E-state index in [-0.39, 0.29) is 18.2 Å². The summed E-state index contributed by atoms with van der Waals surface area (Å²) in [5.41, 5.74) is 3.62. The highest BCUT2D eigenvalue weighted by atomic mass is 16.5. The molecule has 1 atom stereocenters. The minimum absolute atomic E-state index is 0.204. The number of carbonyl (C=O) groups excluding carboxylic acids is 3. The molecule has 10 nitrogen and oxygen atoms in total. The van der Waals surface area contributed by atoms with Crippen LogP contribution in [0, 0.1) is 0 Å². The van der Waals surface area contributed by atoms with Crippen LogP contribution in [-0.2, 0) is 27.5 Å². The van der Waals surface area contributed by atoms with Crippen LogP contribution >= 0.6 is 0 Å². The van der Waals surface area contributed by atoms with E-state index in [1.165, 1.54) is 4.90 Å². The Labute approximate surface area is 189 Å². The largest absolute Gasteiger partial charge is 0.375 e. The summed E-state index contributed by atoms with van der Waals surface area (Å²) in [5, 5.41) is 10.8. The zero-order valence-corrected chi connectivity index (χ0v) is 18.0. The number of imide groups is 1. The highest BCUT2D eigenvalue weighted by Crippen LogP contribution is 2.30. The minimum atomic E-state index is -0.637. The van der Waals surface area contributed by atoms with Crippen molar-refractivity contribution in [1.29, 1.82) is 0 Å². The molecule has 1 fully saturated rings. The van der Waals surface area contributed by atoms with E-state index in [0.717, 1.165) is 16.8 Å². The van der Waals surface area contributed by atoms with E-state index in [0.29, 0.717) is 43.3 Å². The maximum absolute atomic E-state index is 12.9. The van der Waals surface area contributed by atoms with Crippen molar-refractivity contribution in [3.63, 3.8) is 0 Å². The van der Waals surface area contributed by atoms with E-state index in [4.69, 9.17) is 4.74 Å². The molecule has 1 saturated heterocycles. The first-order valence-electron chi connectivity index (χ1n) is 10.8. The van der Waals surface area contributed by atoms with Crippen molar-refractivity contribution in [2.24, 2.45) is 0 Å². The van der Waals surface area contributed by atoms with Gasteiger partial charge in [0.25, 0.3) is 5.91 Å². The number of ether oxygens (including phenoxy) is 1. The lowest BCUT2D eigenvalue weighted by atomic mass is 10.0. The van der Waals surface area contributed by atoms with Gasteiger partial charge >= 0.3 is 0 Å². The predicted molar refractivity (Wildman–Crippen MR) is 116 cm³/mol. The van der Waals surface area contributed by atoms with Crippen LogP contribution in [0.15, 0.2) is 42.6 Å². The molecule has 2 aromatic heterocycles. The van der Waals surface area contributed by atoms with Gasteiger partial charge in [-0.2, -0.15) is 0 Å². The summed E-state index contributed by atoms with van der Waals surface area (Å²) < 4.78 is 7.02. The molecule has 0 bridgehead atoms. The van der Waals surface area contributed by atoms with E-state index < -0.39 is 11.9 Å². The average Bonchev–Trinajstić information content (AvgIpc) is 3.43. The molecule has 2 aliphatic heterocycles. The molecular formula is C23H22N6O4. The lowest BCUT2D eigenvalue weighted by Gasteiger charge is -2.29. The fourth-order valence-electron chi connectivity index (χ4n) is 4.12. The Balaban J connectivity index is 1.37. The van der Waals surface area contributed by atoms with E-state index in [2.05, 4.69) is 20.6 Å². The Kier molecular flexibility index (Phi) is 5.43. The molecule has 0 radical (unpaired) electrons. The second-order valence-electron chi connectivity index (χ2n) is 7.94. The molecule has 0 aliphatic carbocycles. The molecule has 10 heteroatoms. The molecule has 33 heavy (non-hydrogen) atoms. The zero-order valence-electron chi connectivity index (χ0n) is 18.0. The van der Waals surface area contributed by atoms with Crippen LogP contribution in [0.5, 0.6) is 0 Å². The number of nitrogens with one attached hydrogen (secondary N) is 1. The van der Waals surface area contributed by atoms with Gasteiger partial charge < -0.3 is 9.64 Å². The molecule has 3 amide bonds. The Bertz CT molecular complexity index is 1250. The number of nitrogens with zero attached hydrogens (tertiary/aromatic N) is 5. The molecular weight excluding hydrogens is 424 g/mol. The molecule has 0 spiro atoms. The third kappa shape index (κ3) is 4.00. The quantitative estimate of drug-likeness (QED) is 0.572. The van der Waals surface area contributed by atoms with Crippen LogP contribution < -0.4 is 5.32 Å². The monoisotopic (exact) mass is 446 g/mol. The Morgan fingerprint density at radius 2 is 2.06 bits per heavy atom.